The van der Waals surface area contributed by atoms with E-state index in [1.54, 1.807) is 0 Å². The van der Waals surface area contributed by atoms with Gasteiger partial charge in [-0.25, -0.2) is 9.97 Å². The van der Waals surface area contributed by atoms with E-state index in [9.17, 15) is 0 Å². The summed E-state index contributed by atoms with van der Waals surface area (Å²) in [5.41, 5.74) is 4.92. The summed E-state index contributed by atoms with van der Waals surface area (Å²) in [6.45, 7) is 5.12. The second kappa shape index (κ2) is 5.61. The van der Waals surface area contributed by atoms with Crippen molar-refractivity contribution in [3.63, 3.8) is 0 Å². The first-order chi connectivity index (χ1) is 9.78. The van der Waals surface area contributed by atoms with E-state index >= 15 is 0 Å². The highest BCUT2D eigenvalue weighted by atomic mass is 15.0. The van der Waals surface area contributed by atoms with Gasteiger partial charge in [-0.2, -0.15) is 0 Å². The molecular weight excluding hydrogens is 246 g/mol. The molecule has 0 bridgehead atoms. The maximum absolute atomic E-state index is 4.82. The molecule has 0 radical (unpaired) electrons. The number of aromatic nitrogens is 2. The van der Waals surface area contributed by atoms with E-state index < -0.39 is 0 Å². The van der Waals surface area contributed by atoms with Crippen LogP contribution in [0.5, 0.6) is 0 Å². The third kappa shape index (κ3) is 2.53. The van der Waals surface area contributed by atoms with E-state index in [0.717, 1.165) is 36.6 Å². The molecule has 3 nitrogen and oxygen atoms in total. The van der Waals surface area contributed by atoms with Gasteiger partial charge in [-0.05, 0) is 45.6 Å². The van der Waals surface area contributed by atoms with Crippen molar-refractivity contribution in [3.8, 4) is 11.4 Å². The Morgan fingerprint density at radius 3 is 2.80 bits per heavy atom. The zero-order valence-corrected chi connectivity index (χ0v) is 12.2. The van der Waals surface area contributed by atoms with E-state index in [1.807, 2.05) is 0 Å². The number of hydrogen-bond acceptors (Lipinski definition) is 3. The summed E-state index contributed by atoms with van der Waals surface area (Å²) in [6, 6.07) is 8.42. The van der Waals surface area contributed by atoms with Crippen molar-refractivity contribution in [2.45, 2.75) is 39.5 Å². The zero-order chi connectivity index (χ0) is 13.9. The number of rotatable bonds is 3. The second-order valence-corrected chi connectivity index (χ2v) is 5.43. The molecule has 0 fully saturated rings. The lowest BCUT2D eigenvalue weighted by molar-refractivity contribution is 0.665. The molecule has 1 heterocycles. The lowest BCUT2D eigenvalue weighted by Crippen LogP contribution is -2.13. The van der Waals surface area contributed by atoms with Crippen LogP contribution in [0.1, 0.15) is 36.6 Å². The van der Waals surface area contributed by atoms with Gasteiger partial charge in [0.2, 0.25) is 0 Å². The minimum Gasteiger partial charge on any atom is -0.370 e. The molecule has 20 heavy (non-hydrogen) atoms. The summed E-state index contributed by atoms with van der Waals surface area (Å²) in [5.74, 6) is 1.89. The highest BCUT2D eigenvalue weighted by Crippen LogP contribution is 2.28. The molecule has 0 aliphatic heterocycles. The third-order valence-corrected chi connectivity index (χ3v) is 3.80. The molecule has 1 aromatic carbocycles. The van der Waals surface area contributed by atoms with Gasteiger partial charge in [-0.3, -0.25) is 0 Å². The summed E-state index contributed by atoms with van der Waals surface area (Å²) in [6.07, 6.45) is 4.67. The highest BCUT2D eigenvalue weighted by molar-refractivity contribution is 5.61. The number of nitrogens with zero attached hydrogens (tertiary/aromatic N) is 2. The first-order valence-corrected chi connectivity index (χ1v) is 7.48. The van der Waals surface area contributed by atoms with Crippen LogP contribution in [-0.4, -0.2) is 16.5 Å². The second-order valence-electron chi connectivity index (χ2n) is 5.43. The Morgan fingerprint density at radius 2 is 2.00 bits per heavy atom. The smallest absolute Gasteiger partial charge is 0.161 e. The van der Waals surface area contributed by atoms with Gasteiger partial charge in [0.1, 0.15) is 5.82 Å². The number of nitrogens with one attached hydrogen (secondary N) is 1. The molecule has 3 heteroatoms. The minimum atomic E-state index is 0.852. The van der Waals surface area contributed by atoms with E-state index in [4.69, 9.17) is 9.97 Å². The maximum atomic E-state index is 4.82. The van der Waals surface area contributed by atoms with Gasteiger partial charge in [0.15, 0.2) is 5.82 Å². The van der Waals surface area contributed by atoms with Crippen LogP contribution in [0.4, 0.5) is 5.82 Å². The number of hydrogen-bond donors (Lipinski definition) is 1. The Kier molecular flexibility index (Phi) is 3.68. The zero-order valence-electron chi connectivity index (χ0n) is 12.2. The molecule has 0 saturated carbocycles. The highest BCUT2D eigenvalue weighted by Gasteiger charge is 2.18. The largest absolute Gasteiger partial charge is 0.370 e. The first-order valence-electron chi connectivity index (χ1n) is 7.48. The Hall–Kier alpha value is -1.90. The SMILES string of the molecule is CCNc1nc(-c2cccc(C)c2)nc2c1CCCC2. The topological polar surface area (TPSA) is 37.8 Å². The van der Waals surface area contributed by atoms with Gasteiger partial charge < -0.3 is 5.32 Å². The van der Waals surface area contributed by atoms with Gasteiger partial charge in [-0.1, -0.05) is 23.8 Å². The Bertz CT molecular complexity index is 620. The maximum Gasteiger partial charge on any atom is 0.161 e. The Morgan fingerprint density at radius 1 is 1.15 bits per heavy atom. The van der Waals surface area contributed by atoms with Gasteiger partial charge in [0.05, 0.1) is 0 Å². The summed E-state index contributed by atoms with van der Waals surface area (Å²) in [5, 5.41) is 3.41. The Balaban J connectivity index is 2.10. The summed E-state index contributed by atoms with van der Waals surface area (Å²) in [7, 11) is 0. The van der Waals surface area contributed by atoms with Crippen LogP contribution < -0.4 is 5.32 Å². The van der Waals surface area contributed by atoms with Crippen LogP contribution in [0.3, 0.4) is 0 Å². The van der Waals surface area contributed by atoms with E-state index in [0.29, 0.717) is 0 Å². The molecule has 104 valence electrons. The van der Waals surface area contributed by atoms with E-state index in [1.165, 1.54) is 29.7 Å². The van der Waals surface area contributed by atoms with Gasteiger partial charge in [-0.15, -0.1) is 0 Å². The average Bonchev–Trinajstić information content (AvgIpc) is 2.47. The predicted octanol–water partition coefficient (Wildman–Crippen LogP) is 3.76. The monoisotopic (exact) mass is 267 g/mol. The van der Waals surface area contributed by atoms with Crippen molar-refractivity contribution in [3.05, 3.63) is 41.1 Å². The van der Waals surface area contributed by atoms with Crippen molar-refractivity contribution in [2.24, 2.45) is 0 Å². The number of fused-ring (bicyclic) bond motifs is 1. The molecule has 1 N–H and O–H groups in total. The van der Waals surface area contributed by atoms with Crippen LogP contribution in [-0.2, 0) is 12.8 Å². The van der Waals surface area contributed by atoms with Gasteiger partial charge >= 0.3 is 0 Å². The molecule has 1 aliphatic rings. The van der Waals surface area contributed by atoms with E-state index in [-0.39, 0.29) is 0 Å². The summed E-state index contributed by atoms with van der Waals surface area (Å²) in [4.78, 5) is 9.58. The van der Waals surface area contributed by atoms with Crippen LogP contribution in [0.2, 0.25) is 0 Å². The van der Waals surface area contributed by atoms with Crippen LogP contribution in [0, 0.1) is 6.92 Å². The molecule has 0 amide bonds. The third-order valence-electron chi connectivity index (χ3n) is 3.80. The quantitative estimate of drug-likeness (QED) is 0.920. The van der Waals surface area contributed by atoms with Crippen molar-refractivity contribution >= 4 is 5.82 Å². The lowest BCUT2D eigenvalue weighted by Gasteiger charge is -2.19. The molecule has 0 spiro atoms. The first kappa shape index (κ1) is 13.1. The van der Waals surface area contributed by atoms with Crippen LogP contribution in [0.25, 0.3) is 11.4 Å². The molecule has 0 unspecified atom stereocenters. The van der Waals surface area contributed by atoms with Crippen LogP contribution in [0.15, 0.2) is 24.3 Å². The van der Waals surface area contributed by atoms with Gasteiger partial charge in [0.25, 0.3) is 0 Å². The minimum absolute atomic E-state index is 0.852. The van der Waals surface area contributed by atoms with Crippen molar-refractivity contribution in [1.29, 1.82) is 0 Å². The number of anilines is 1. The molecule has 3 rings (SSSR count). The fourth-order valence-electron chi connectivity index (χ4n) is 2.82. The Labute approximate surface area is 120 Å². The summed E-state index contributed by atoms with van der Waals surface area (Å²) < 4.78 is 0. The van der Waals surface area contributed by atoms with E-state index in [2.05, 4.69) is 43.4 Å². The van der Waals surface area contributed by atoms with Crippen molar-refractivity contribution in [1.82, 2.24) is 9.97 Å². The molecule has 1 aromatic heterocycles. The fraction of sp³-hybridized carbons (Fsp3) is 0.412. The van der Waals surface area contributed by atoms with Crippen LogP contribution >= 0.6 is 0 Å². The van der Waals surface area contributed by atoms with Gasteiger partial charge in [0, 0.05) is 23.4 Å². The number of benzene rings is 1. The molecule has 0 saturated heterocycles. The standard InChI is InChI=1S/C17H21N3/c1-3-18-17-14-9-4-5-10-15(14)19-16(20-17)13-8-6-7-12(2)11-13/h6-8,11H,3-5,9-10H2,1-2H3,(H,18,19,20). The molecule has 1 aliphatic carbocycles. The van der Waals surface area contributed by atoms with Crippen molar-refractivity contribution in [2.75, 3.05) is 11.9 Å². The molecule has 0 atom stereocenters. The normalized spacial score (nSPS) is 13.9. The average molecular weight is 267 g/mol. The summed E-state index contributed by atoms with van der Waals surface area (Å²) >= 11 is 0. The molecule has 2 aromatic rings. The number of aryl methyl sites for hydroxylation is 2. The lowest BCUT2D eigenvalue weighted by atomic mass is 9.96. The van der Waals surface area contributed by atoms with Crippen molar-refractivity contribution < 1.29 is 0 Å². The predicted molar refractivity (Wildman–Crippen MR) is 83.0 cm³/mol. The fourth-order valence-corrected chi connectivity index (χ4v) is 2.82. The molecular formula is C17H21N3.